The van der Waals surface area contributed by atoms with Crippen molar-refractivity contribution in [2.75, 3.05) is 0 Å². The third kappa shape index (κ3) is 1.17. The Balaban J connectivity index is 2.67. The molecule has 1 heterocycles. The first-order valence-electron chi connectivity index (χ1n) is 2.38. The number of amides is 2. The summed E-state index contributed by atoms with van der Waals surface area (Å²) >= 11 is 0. The van der Waals surface area contributed by atoms with Gasteiger partial charge in [0.1, 0.15) is 6.17 Å². The van der Waals surface area contributed by atoms with E-state index in [-0.39, 0.29) is 0 Å². The number of urea groups is 1. The lowest BCUT2D eigenvalue weighted by atomic mass is 10.4. The van der Waals surface area contributed by atoms with E-state index in [2.05, 4.69) is 10.6 Å². The molecule has 0 saturated carbocycles. The van der Waals surface area contributed by atoms with Crippen LogP contribution in [0, 0.1) is 0 Å². The number of nitrogens with two attached hydrogens (primary N) is 1. The van der Waals surface area contributed by atoms with Crippen LogP contribution < -0.4 is 16.4 Å². The Bertz CT molecular complexity index is 167. The topological polar surface area (TPSA) is 67.1 Å². The van der Waals surface area contributed by atoms with Crippen LogP contribution in [0.5, 0.6) is 0 Å². The van der Waals surface area contributed by atoms with E-state index in [1.54, 1.807) is 0 Å². The second-order valence-electron chi connectivity index (χ2n) is 1.62. The average molecular weight is 131 g/mol. The zero-order valence-electron chi connectivity index (χ0n) is 4.52. The molecule has 9 heavy (non-hydrogen) atoms. The maximum absolute atomic E-state index is 12.2. The van der Waals surface area contributed by atoms with Crippen molar-refractivity contribution in [1.82, 2.24) is 10.6 Å². The third-order valence-corrected chi connectivity index (χ3v) is 0.925. The third-order valence-electron chi connectivity index (χ3n) is 0.925. The first-order chi connectivity index (χ1) is 4.20. The summed E-state index contributed by atoms with van der Waals surface area (Å²) in [6.07, 6.45) is -0.0532. The highest BCUT2D eigenvalue weighted by atomic mass is 19.1. The summed E-state index contributed by atoms with van der Waals surface area (Å²) in [6.45, 7) is 0. The van der Waals surface area contributed by atoms with Crippen LogP contribution in [0.15, 0.2) is 12.0 Å². The van der Waals surface area contributed by atoms with Crippen molar-refractivity contribution < 1.29 is 9.18 Å². The maximum Gasteiger partial charge on any atom is 0.320 e. The molecule has 1 rings (SSSR count). The Kier molecular flexibility index (Phi) is 1.35. The second kappa shape index (κ2) is 2.02. The quantitative estimate of drug-likeness (QED) is 0.410. The van der Waals surface area contributed by atoms with Gasteiger partial charge in [-0.3, -0.25) is 0 Å². The standard InChI is InChI=1S/C4H6FN3O/c5-2-1-7-4(9)8-3(2)6/h1,3H,6H2,(H2,7,8,9)/t3-/m0/s1. The summed E-state index contributed by atoms with van der Waals surface area (Å²) in [5, 5.41) is 4.21. The van der Waals surface area contributed by atoms with Gasteiger partial charge in [-0.25, -0.2) is 9.18 Å². The first kappa shape index (κ1) is 6.03. The van der Waals surface area contributed by atoms with Gasteiger partial charge in [0.25, 0.3) is 0 Å². The molecule has 0 unspecified atom stereocenters. The fourth-order valence-electron chi connectivity index (χ4n) is 0.476. The lowest BCUT2D eigenvalue weighted by Gasteiger charge is -2.15. The Labute approximate surface area is 50.9 Å². The van der Waals surface area contributed by atoms with E-state index in [1.165, 1.54) is 0 Å². The largest absolute Gasteiger partial charge is 0.320 e. The van der Waals surface area contributed by atoms with Crippen molar-refractivity contribution in [3.63, 3.8) is 0 Å². The van der Waals surface area contributed by atoms with Gasteiger partial charge < -0.3 is 16.4 Å². The highest BCUT2D eigenvalue weighted by Crippen LogP contribution is 1.99. The molecule has 0 aromatic carbocycles. The molecule has 0 radical (unpaired) electrons. The number of hydrogen-bond donors (Lipinski definition) is 3. The van der Waals surface area contributed by atoms with E-state index in [9.17, 15) is 9.18 Å². The molecule has 0 aliphatic carbocycles. The highest BCUT2D eigenvalue weighted by Gasteiger charge is 2.15. The smallest absolute Gasteiger partial charge is 0.316 e. The van der Waals surface area contributed by atoms with Crippen LogP contribution in [0.4, 0.5) is 9.18 Å². The van der Waals surface area contributed by atoms with E-state index >= 15 is 0 Å². The van der Waals surface area contributed by atoms with Gasteiger partial charge in [0.05, 0.1) is 0 Å². The molecule has 1 aliphatic rings. The number of carbonyl (C=O) groups excluding carboxylic acids is 1. The average Bonchev–Trinajstić information content (AvgIpc) is 1.80. The highest BCUT2D eigenvalue weighted by molar-refractivity contribution is 5.76. The number of carbonyl (C=O) groups is 1. The molecule has 0 spiro atoms. The lowest BCUT2D eigenvalue weighted by Crippen LogP contribution is -2.49. The van der Waals surface area contributed by atoms with Crippen LogP contribution in [-0.4, -0.2) is 12.2 Å². The molecule has 1 aliphatic heterocycles. The van der Waals surface area contributed by atoms with E-state index in [1.807, 2.05) is 0 Å². The van der Waals surface area contributed by atoms with Crippen molar-refractivity contribution in [2.45, 2.75) is 6.17 Å². The van der Waals surface area contributed by atoms with Crippen LogP contribution in [0.2, 0.25) is 0 Å². The zero-order valence-corrected chi connectivity index (χ0v) is 4.52. The molecule has 0 fully saturated rings. The normalized spacial score (nSPS) is 26.2. The summed E-state index contributed by atoms with van der Waals surface area (Å²) < 4.78 is 12.2. The van der Waals surface area contributed by atoms with Crippen LogP contribution in [0.1, 0.15) is 0 Å². The summed E-state index contributed by atoms with van der Waals surface area (Å²) in [5.41, 5.74) is 5.05. The zero-order chi connectivity index (χ0) is 6.85. The predicted octanol–water partition coefficient (Wildman–Crippen LogP) is -0.605. The summed E-state index contributed by atoms with van der Waals surface area (Å²) in [4.78, 5) is 10.3. The fourth-order valence-corrected chi connectivity index (χ4v) is 0.476. The van der Waals surface area contributed by atoms with Crippen molar-refractivity contribution in [2.24, 2.45) is 5.73 Å². The SMILES string of the molecule is N[C@H]1NC(=O)NC=C1F. The Hall–Kier alpha value is -1.10. The van der Waals surface area contributed by atoms with E-state index in [0.717, 1.165) is 6.20 Å². The van der Waals surface area contributed by atoms with Crippen LogP contribution in [-0.2, 0) is 0 Å². The first-order valence-corrected chi connectivity index (χ1v) is 2.38. The Morgan fingerprint density at radius 2 is 2.44 bits per heavy atom. The Morgan fingerprint density at radius 1 is 1.78 bits per heavy atom. The number of halogens is 1. The van der Waals surface area contributed by atoms with Crippen LogP contribution >= 0.6 is 0 Å². The van der Waals surface area contributed by atoms with Gasteiger partial charge in [0.15, 0.2) is 5.83 Å². The van der Waals surface area contributed by atoms with E-state index < -0.39 is 18.0 Å². The van der Waals surface area contributed by atoms with Crippen LogP contribution in [0.3, 0.4) is 0 Å². The van der Waals surface area contributed by atoms with Gasteiger partial charge in [-0.1, -0.05) is 0 Å². The van der Waals surface area contributed by atoms with Gasteiger partial charge in [0.2, 0.25) is 0 Å². The minimum atomic E-state index is -0.987. The molecule has 4 N–H and O–H groups in total. The molecule has 5 heteroatoms. The van der Waals surface area contributed by atoms with Gasteiger partial charge in [0, 0.05) is 6.20 Å². The summed E-state index contributed by atoms with van der Waals surface area (Å²) in [7, 11) is 0. The molecule has 0 aromatic rings. The number of rotatable bonds is 0. The molecule has 0 aromatic heterocycles. The van der Waals surface area contributed by atoms with Crippen molar-refractivity contribution in [3.8, 4) is 0 Å². The Morgan fingerprint density at radius 3 is 2.89 bits per heavy atom. The summed E-state index contributed by atoms with van der Waals surface area (Å²) in [5.74, 6) is -0.574. The maximum atomic E-state index is 12.2. The molecule has 0 bridgehead atoms. The van der Waals surface area contributed by atoms with Crippen molar-refractivity contribution in [1.29, 1.82) is 0 Å². The number of hydrogen-bond acceptors (Lipinski definition) is 2. The van der Waals surface area contributed by atoms with Gasteiger partial charge >= 0.3 is 6.03 Å². The fraction of sp³-hybridized carbons (Fsp3) is 0.250. The molecular formula is C4H6FN3O. The van der Waals surface area contributed by atoms with Crippen molar-refractivity contribution >= 4 is 6.03 Å². The molecule has 1 atom stereocenters. The second-order valence-corrected chi connectivity index (χ2v) is 1.62. The minimum Gasteiger partial charge on any atom is -0.316 e. The molecular weight excluding hydrogens is 125 g/mol. The van der Waals surface area contributed by atoms with E-state index in [4.69, 9.17) is 5.73 Å². The predicted molar refractivity (Wildman–Crippen MR) is 28.8 cm³/mol. The minimum absolute atomic E-state index is 0.482. The van der Waals surface area contributed by atoms with E-state index in [0.29, 0.717) is 0 Å². The van der Waals surface area contributed by atoms with Gasteiger partial charge in [-0.2, -0.15) is 0 Å². The summed E-state index contributed by atoms with van der Waals surface area (Å²) in [6, 6.07) is -0.482. The van der Waals surface area contributed by atoms with Crippen molar-refractivity contribution in [3.05, 3.63) is 12.0 Å². The number of nitrogens with one attached hydrogen (secondary N) is 2. The van der Waals surface area contributed by atoms with Gasteiger partial charge in [-0.15, -0.1) is 0 Å². The van der Waals surface area contributed by atoms with Gasteiger partial charge in [-0.05, 0) is 0 Å². The molecule has 0 saturated heterocycles. The lowest BCUT2D eigenvalue weighted by molar-refractivity contribution is 0.237. The monoisotopic (exact) mass is 131 g/mol. The molecule has 2 amide bonds. The van der Waals surface area contributed by atoms with Crippen LogP contribution in [0.25, 0.3) is 0 Å². The molecule has 4 nitrogen and oxygen atoms in total. The molecule has 50 valence electrons.